The molecule has 2 N–H and O–H groups in total. The lowest BCUT2D eigenvalue weighted by molar-refractivity contribution is -0.162. The highest BCUT2D eigenvalue weighted by Crippen LogP contribution is 2.49. The average molecular weight is 184 g/mol. The molecule has 0 radical (unpaired) electrons. The molecule has 0 atom stereocenters. The van der Waals surface area contributed by atoms with Crippen LogP contribution in [0.3, 0.4) is 0 Å². The Morgan fingerprint density at radius 3 is 1.46 bits per heavy atom. The lowest BCUT2D eigenvalue weighted by Gasteiger charge is -2.51. The van der Waals surface area contributed by atoms with Crippen molar-refractivity contribution in [3.8, 4) is 0 Å². The van der Waals surface area contributed by atoms with Crippen LogP contribution < -0.4 is 0 Å². The van der Waals surface area contributed by atoms with E-state index in [0.29, 0.717) is 18.3 Å². The Hall–Kier alpha value is -0.0800. The van der Waals surface area contributed by atoms with Crippen LogP contribution >= 0.6 is 0 Å². The molecule has 0 aromatic heterocycles. The van der Waals surface area contributed by atoms with Crippen molar-refractivity contribution in [1.82, 2.24) is 0 Å². The third-order valence-corrected chi connectivity index (χ3v) is 3.57. The van der Waals surface area contributed by atoms with Gasteiger partial charge in [0.15, 0.2) is 0 Å². The minimum absolute atomic E-state index is 0.469. The Bertz CT molecular complexity index is 178. The molecule has 2 rings (SSSR count). The lowest BCUT2D eigenvalue weighted by atomic mass is 9.60. The number of aliphatic hydroxyl groups is 2. The molecule has 2 fully saturated rings. The minimum Gasteiger partial charge on any atom is -0.390 e. The zero-order chi connectivity index (χ0) is 9.69. The second-order valence-corrected chi connectivity index (χ2v) is 5.65. The first-order valence-corrected chi connectivity index (χ1v) is 5.36. The highest BCUT2D eigenvalue weighted by Gasteiger charge is 2.50. The summed E-state index contributed by atoms with van der Waals surface area (Å²) in [6, 6.07) is 0. The predicted octanol–water partition coefficient (Wildman–Crippen LogP) is 1.70. The highest BCUT2D eigenvalue weighted by atomic mass is 16.3. The number of hydrogen-bond donors (Lipinski definition) is 2. The molecule has 0 aromatic carbocycles. The molecular formula is C11H20O2. The van der Waals surface area contributed by atoms with E-state index < -0.39 is 11.2 Å². The molecule has 13 heavy (non-hydrogen) atoms. The van der Waals surface area contributed by atoms with E-state index in [-0.39, 0.29) is 0 Å². The lowest BCUT2D eigenvalue weighted by Crippen LogP contribution is -2.53. The van der Waals surface area contributed by atoms with Crippen molar-refractivity contribution >= 4 is 0 Å². The van der Waals surface area contributed by atoms with Crippen molar-refractivity contribution in [2.24, 2.45) is 11.8 Å². The van der Waals surface area contributed by atoms with Gasteiger partial charge in [-0.1, -0.05) is 13.8 Å². The SMILES string of the molecule is CC1CC2(O)CC(C)CC(O)(C1)C2. The summed E-state index contributed by atoms with van der Waals surface area (Å²) in [4.78, 5) is 0. The monoisotopic (exact) mass is 184 g/mol. The zero-order valence-electron chi connectivity index (χ0n) is 8.58. The first-order chi connectivity index (χ1) is 5.91. The van der Waals surface area contributed by atoms with Gasteiger partial charge < -0.3 is 10.2 Å². The minimum atomic E-state index is -0.565. The van der Waals surface area contributed by atoms with Crippen LogP contribution in [0, 0.1) is 11.8 Å². The molecule has 2 saturated carbocycles. The van der Waals surface area contributed by atoms with Crippen LogP contribution in [-0.2, 0) is 0 Å². The van der Waals surface area contributed by atoms with E-state index in [1.165, 1.54) is 0 Å². The largest absolute Gasteiger partial charge is 0.390 e. The molecule has 0 aliphatic heterocycles. The maximum atomic E-state index is 10.2. The predicted molar refractivity (Wildman–Crippen MR) is 51.3 cm³/mol. The standard InChI is InChI=1S/C11H20O2/c1-8-3-10(12)5-9(2)6-11(13,4-8)7-10/h8-9,12-13H,3-7H2,1-2H3. The molecule has 0 saturated heterocycles. The maximum Gasteiger partial charge on any atom is 0.0680 e. The van der Waals surface area contributed by atoms with E-state index in [4.69, 9.17) is 0 Å². The van der Waals surface area contributed by atoms with Crippen molar-refractivity contribution < 1.29 is 10.2 Å². The molecular weight excluding hydrogens is 164 g/mol. The normalized spacial score (nSPS) is 56.3. The molecule has 2 bridgehead atoms. The van der Waals surface area contributed by atoms with E-state index in [0.717, 1.165) is 25.7 Å². The molecule has 2 heteroatoms. The van der Waals surface area contributed by atoms with Crippen molar-refractivity contribution in [1.29, 1.82) is 0 Å². The van der Waals surface area contributed by atoms with Gasteiger partial charge in [0, 0.05) is 6.42 Å². The summed E-state index contributed by atoms with van der Waals surface area (Å²) in [6.45, 7) is 4.26. The molecule has 0 unspecified atom stereocenters. The molecule has 0 amide bonds. The Labute approximate surface area is 80.0 Å². The van der Waals surface area contributed by atoms with Crippen LogP contribution in [0.1, 0.15) is 46.0 Å². The first kappa shape index (κ1) is 9.47. The van der Waals surface area contributed by atoms with Gasteiger partial charge in [0.25, 0.3) is 0 Å². The van der Waals surface area contributed by atoms with Crippen molar-refractivity contribution in [2.75, 3.05) is 0 Å². The van der Waals surface area contributed by atoms with Gasteiger partial charge in [-0.2, -0.15) is 0 Å². The summed E-state index contributed by atoms with van der Waals surface area (Å²) in [5.41, 5.74) is -1.13. The molecule has 0 heterocycles. The van der Waals surface area contributed by atoms with E-state index in [9.17, 15) is 10.2 Å². The quantitative estimate of drug-likeness (QED) is 0.601. The maximum absolute atomic E-state index is 10.2. The molecule has 2 aliphatic carbocycles. The summed E-state index contributed by atoms with van der Waals surface area (Å²) < 4.78 is 0. The number of hydrogen-bond acceptors (Lipinski definition) is 2. The topological polar surface area (TPSA) is 40.5 Å². The van der Waals surface area contributed by atoms with Gasteiger partial charge in [0.05, 0.1) is 11.2 Å². The molecule has 76 valence electrons. The van der Waals surface area contributed by atoms with E-state index in [2.05, 4.69) is 13.8 Å². The highest BCUT2D eigenvalue weighted by molar-refractivity contribution is 5.02. The Balaban J connectivity index is 2.22. The molecule has 0 aromatic rings. The number of fused-ring (bicyclic) bond motifs is 2. The smallest absolute Gasteiger partial charge is 0.0680 e. The molecule has 2 aliphatic rings. The molecule has 0 spiro atoms. The van der Waals surface area contributed by atoms with E-state index in [1.807, 2.05) is 0 Å². The van der Waals surface area contributed by atoms with Gasteiger partial charge in [-0.25, -0.2) is 0 Å². The van der Waals surface area contributed by atoms with E-state index >= 15 is 0 Å². The first-order valence-electron chi connectivity index (χ1n) is 5.36. The van der Waals surface area contributed by atoms with Crippen LogP contribution in [0.2, 0.25) is 0 Å². The van der Waals surface area contributed by atoms with E-state index in [1.54, 1.807) is 0 Å². The Morgan fingerprint density at radius 1 is 0.846 bits per heavy atom. The third kappa shape index (κ3) is 1.75. The summed E-state index contributed by atoms with van der Waals surface area (Å²) >= 11 is 0. The van der Waals surface area contributed by atoms with Crippen molar-refractivity contribution in [2.45, 2.75) is 57.2 Å². The van der Waals surface area contributed by atoms with Gasteiger partial charge in [-0.05, 0) is 37.5 Å². The fourth-order valence-corrected chi connectivity index (χ4v) is 3.81. The summed E-state index contributed by atoms with van der Waals surface area (Å²) in [5.74, 6) is 0.937. The van der Waals surface area contributed by atoms with Crippen molar-refractivity contribution in [3.63, 3.8) is 0 Å². The van der Waals surface area contributed by atoms with Crippen LogP contribution in [0.4, 0.5) is 0 Å². The average Bonchev–Trinajstić information content (AvgIpc) is 1.75. The van der Waals surface area contributed by atoms with Crippen molar-refractivity contribution in [3.05, 3.63) is 0 Å². The van der Waals surface area contributed by atoms with Gasteiger partial charge >= 0.3 is 0 Å². The Kier molecular flexibility index (Phi) is 1.97. The van der Waals surface area contributed by atoms with Gasteiger partial charge in [0.1, 0.15) is 0 Å². The summed E-state index contributed by atoms with van der Waals surface area (Å²) in [7, 11) is 0. The van der Waals surface area contributed by atoms with Crippen LogP contribution in [0.25, 0.3) is 0 Å². The van der Waals surface area contributed by atoms with Gasteiger partial charge in [0.2, 0.25) is 0 Å². The molecule has 2 nitrogen and oxygen atoms in total. The fourth-order valence-electron chi connectivity index (χ4n) is 3.81. The summed E-state index contributed by atoms with van der Waals surface area (Å²) in [5, 5.41) is 20.5. The fraction of sp³-hybridized carbons (Fsp3) is 1.00. The number of rotatable bonds is 0. The third-order valence-electron chi connectivity index (χ3n) is 3.57. The van der Waals surface area contributed by atoms with Gasteiger partial charge in [-0.15, -0.1) is 0 Å². The van der Waals surface area contributed by atoms with Crippen LogP contribution in [0.5, 0.6) is 0 Å². The second kappa shape index (κ2) is 2.71. The zero-order valence-corrected chi connectivity index (χ0v) is 8.58. The van der Waals surface area contributed by atoms with Crippen LogP contribution in [0.15, 0.2) is 0 Å². The van der Waals surface area contributed by atoms with Crippen LogP contribution in [-0.4, -0.2) is 21.4 Å². The second-order valence-electron chi connectivity index (χ2n) is 5.65. The van der Waals surface area contributed by atoms with Gasteiger partial charge in [-0.3, -0.25) is 0 Å². The summed E-state index contributed by atoms with van der Waals surface area (Å²) in [6.07, 6.45) is 4.10. The Morgan fingerprint density at radius 2 is 1.15 bits per heavy atom.